The molecule has 1 aliphatic heterocycles. The fraction of sp³-hybridized carbons (Fsp3) is 0.417. The van der Waals surface area contributed by atoms with E-state index in [1.54, 1.807) is 0 Å². The molecule has 0 radical (unpaired) electrons. The summed E-state index contributed by atoms with van der Waals surface area (Å²) in [7, 11) is -3.67. The second-order valence-corrected chi connectivity index (χ2v) is 7.97. The Hall–Kier alpha value is -1.42. The first-order valence-corrected chi connectivity index (χ1v) is 8.75. The lowest BCUT2D eigenvalue weighted by atomic mass is 10.1. The van der Waals surface area contributed by atoms with Crippen LogP contribution in [0.25, 0.3) is 11.0 Å². The molecule has 22 heavy (non-hydrogen) atoms. The van der Waals surface area contributed by atoms with Gasteiger partial charge in [-0.15, -0.1) is 0 Å². The molecule has 120 valence electrons. The number of hydrogen-bond acceptors (Lipinski definition) is 5. The number of imidazole rings is 1. The summed E-state index contributed by atoms with van der Waals surface area (Å²) in [6.07, 6.45) is -2.58. The van der Waals surface area contributed by atoms with Crippen LogP contribution in [-0.2, 0) is 10.0 Å². The maximum Gasteiger partial charge on any atom is 0.438 e. The third kappa shape index (κ3) is 2.16. The Morgan fingerprint density at radius 2 is 1.82 bits per heavy atom. The molecular formula is C12H11BrF2N2O4S. The SMILES string of the molecule is CC1(C)Oc2cc3nc(Br)n(S(C)(=O)=O)c3cc2OC1(F)F. The highest BCUT2D eigenvalue weighted by Gasteiger charge is 2.55. The van der Waals surface area contributed by atoms with Crippen molar-refractivity contribution in [1.29, 1.82) is 0 Å². The highest BCUT2D eigenvalue weighted by atomic mass is 79.9. The van der Waals surface area contributed by atoms with Crippen LogP contribution in [0.4, 0.5) is 8.78 Å². The number of rotatable bonds is 1. The van der Waals surface area contributed by atoms with Gasteiger partial charge in [0.25, 0.3) is 0 Å². The van der Waals surface area contributed by atoms with Gasteiger partial charge in [-0.2, -0.15) is 8.78 Å². The highest BCUT2D eigenvalue weighted by molar-refractivity contribution is 9.10. The van der Waals surface area contributed by atoms with E-state index in [2.05, 4.69) is 20.9 Å². The third-order valence-electron chi connectivity index (χ3n) is 3.28. The van der Waals surface area contributed by atoms with Crippen molar-refractivity contribution in [3.63, 3.8) is 0 Å². The van der Waals surface area contributed by atoms with Crippen LogP contribution in [0.5, 0.6) is 11.5 Å². The molecule has 0 aliphatic carbocycles. The lowest BCUT2D eigenvalue weighted by molar-refractivity contribution is -0.281. The number of hydrogen-bond donors (Lipinski definition) is 0. The average molecular weight is 397 g/mol. The second kappa shape index (κ2) is 4.31. The summed E-state index contributed by atoms with van der Waals surface area (Å²) < 4.78 is 62.3. The Labute approximate surface area is 133 Å². The monoisotopic (exact) mass is 396 g/mol. The third-order valence-corrected chi connectivity index (χ3v) is 5.08. The van der Waals surface area contributed by atoms with Crippen LogP contribution < -0.4 is 9.47 Å². The van der Waals surface area contributed by atoms with Crippen molar-refractivity contribution in [2.75, 3.05) is 6.26 Å². The summed E-state index contributed by atoms with van der Waals surface area (Å²) in [4.78, 5) is 4.05. The Bertz CT molecular complexity index is 892. The summed E-state index contributed by atoms with van der Waals surface area (Å²) in [5, 5.41) is 0. The molecule has 1 aromatic carbocycles. The maximum atomic E-state index is 13.9. The van der Waals surface area contributed by atoms with Gasteiger partial charge in [0.2, 0.25) is 15.6 Å². The molecule has 0 spiro atoms. The molecule has 1 aromatic heterocycles. The van der Waals surface area contributed by atoms with E-state index in [-0.39, 0.29) is 27.3 Å². The molecule has 10 heteroatoms. The lowest BCUT2D eigenvalue weighted by Crippen LogP contribution is -2.54. The predicted molar refractivity (Wildman–Crippen MR) is 78.0 cm³/mol. The van der Waals surface area contributed by atoms with Crippen molar-refractivity contribution in [2.24, 2.45) is 0 Å². The number of fused-ring (bicyclic) bond motifs is 2. The predicted octanol–water partition coefficient (Wildman–Crippen LogP) is 2.75. The van der Waals surface area contributed by atoms with Crippen molar-refractivity contribution in [2.45, 2.75) is 25.6 Å². The minimum absolute atomic E-state index is 0.0402. The molecule has 1 aliphatic rings. The van der Waals surface area contributed by atoms with Gasteiger partial charge in [-0.05, 0) is 29.8 Å². The Balaban J connectivity index is 2.28. The number of alkyl halides is 2. The minimum Gasteiger partial charge on any atom is -0.473 e. The van der Waals surface area contributed by atoms with Gasteiger partial charge < -0.3 is 9.47 Å². The zero-order valence-corrected chi connectivity index (χ0v) is 14.1. The summed E-state index contributed by atoms with van der Waals surface area (Å²) in [6.45, 7) is 2.40. The average Bonchev–Trinajstić information content (AvgIpc) is 2.61. The van der Waals surface area contributed by atoms with Gasteiger partial charge in [0, 0.05) is 12.1 Å². The molecule has 0 N–H and O–H groups in total. The quantitative estimate of drug-likeness (QED) is 0.740. The summed E-state index contributed by atoms with van der Waals surface area (Å²) in [5.41, 5.74) is -1.46. The zero-order valence-electron chi connectivity index (χ0n) is 11.7. The minimum atomic E-state index is -3.67. The molecule has 0 unspecified atom stereocenters. The van der Waals surface area contributed by atoms with E-state index in [4.69, 9.17) is 9.47 Å². The van der Waals surface area contributed by atoms with E-state index < -0.39 is 21.7 Å². The van der Waals surface area contributed by atoms with Crippen molar-refractivity contribution in [3.8, 4) is 11.5 Å². The molecule has 6 nitrogen and oxygen atoms in total. The van der Waals surface area contributed by atoms with E-state index in [1.807, 2.05) is 0 Å². The van der Waals surface area contributed by atoms with Crippen LogP contribution in [0.2, 0.25) is 0 Å². The second-order valence-electron chi connectivity index (χ2n) is 5.43. The number of ether oxygens (including phenoxy) is 2. The highest BCUT2D eigenvalue weighted by Crippen LogP contribution is 2.46. The first kappa shape index (κ1) is 15.5. The smallest absolute Gasteiger partial charge is 0.438 e. The van der Waals surface area contributed by atoms with Crippen LogP contribution in [-0.4, -0.2) is 35.3 Å². The largest absolute Gasteiger partial charge is 0.473 e. The molecule has 2 aromatic rings. The van der Waals surface area contributed by atoms with E-state index in [0.717, 1.165) is 10.2 Å². The van der Waals surface area contributed by atoms with Gasteiger partial charge in [-0.25, -0.2) is 17.4 Å². The van der Waals surface area contributed by atoms with Crippen LogP contribution >= 0.6 is 15.9 Å². The van der Waals surface area contributed by atoms with Gasteiger partial charge >= 0.3 is 6.11 Å². The molecule has 0 bridgehead atoms. The fourth-order valence-electron chi connectivity index (χ4n) is 2.11. The molecule has 0 amide bonds. The van der Waals surface area contributed by atoms with Crippen molar-refractivity contribution < 1.29 is 26.7 Å². The van der Waals surface area contributed by atoms with Crippen LogP contribution in [0.1, 0.15) is 13.8 Å². The van der Waals surface area contributed by atoms with Gasteiger partial charge in [-0.1, -0.05) is 0 Å². The van der Waals surface area contributed by atoms with E-state index >= 15 is 0 Å². The van der Waals surface area contributed by atoms with Crippen molar-refractivity contribution in [1.82, 2.24) is 8.96 Å². The van der Waals surface area contributed by atoms with Crippen LogP contribution in [0.15, 0.2) is 16.9 Å². The molecule has 0 atom stereocenters. The standard InChI is InChI=1S/C12H11BrF2N2O4S/c1-11(2)12(14,15)21-9-5-7-6(4-8(9)20-11)16-10(13)17(7)22(3,18)19/h4-5H,1-3H3. The fourth-order valence-corrected chi connectivity index (χ4v) is 4.09. The van der Waals surface area contributed by atoms with Crippen LogP contribution in [0, 0.1) is 0 Å². The van der Waals surface area contributed by atoms with Crippen molar-refractivity contribution in [3.05, 3.63) is 16.9 Å². The number of halogens is 3. The zero-order chi connectivity index (χ0) is 16.5. The first-order valence-electron chi connectivity index (χ1n) is 6.11. The Morgan fingerprint density at radius 3 is 2.41 bits per heavy atom. The molecule has 0 saturated heterocycles. The lowest BCUT2D eigenvalue weighted by Gasteiger charge is -2.38. The first-order chi connectivity index (χ1) is 9.92. The molecule has 0 saturated carbocycles. The summed E-state index contributed by atoms with van der Waals surface area (Å²) in [5.74, 6) is -0.164. The van der Waals surface area contributed by atoms with E-state index in [1.165, 1.54) is 26.0 Å². The van der Waals surface area contributed by atoms with E-state index in [9.17, 15) is 17.2 Å². The van der Waals surface area contributed by atoms with Gasteiger partial charge in [0.15, 0.2) is 16.2 Å². The number of aromatic nitrogens is 2. The van der Waals surface area contributed by atoms with Crippen molar-refractivity contribution >= 4 is 37.0 Å². The number of nitrogens with zero attached hydrogens (tertiary/aromatic N) is 2. The van der Waals surface area contributed by atoms with Gasteiger partial charge in [0.1, 0.15) is 0 Å². The molecule has 3 rings (SSSR count). The molecular weight excluding hydrogens is 386 g/mol. The summed E-state index contributed by atoms with van der Waals surface area (Å²) in [6, 6.07) is 2.54. The Kier molecular flexibility index (Phi) is 3.03. The topological polar surface area (TPSA) is 70.4 Å². The molecule has 2 heterocycles. The normalized spacial score (nSPS) is 19.4. The van der Waals surface area contributed by atoms with E-state index in [0.29, 0.717) is 0 Å². The summed E-state index contributed by atoms with van der Waals surface area (Å²) >= 11 is 3.04. The molecule has 0 fully saturated rings. The number of benzene rings is 1. The van der Waals surface area contributed by atoms with Gasteiger partial charge in [-0.3, -0.25) is 0 Å². The Morgan fingerprint density at radius 1 is 1.23 bits per heavy atom. The maximum absolute atomic E-state index is 13.9. The van der Waals surface area contributed by atoms with Gasteiger partial charge in [0.05, 0.1) is 17.3 Å². The van der Waals surface area contributed by atoms with Crippen LogP contribution in [0.3, 0.4) is 0 Å².